The molecular weight excluding hydrogens is 356 g/mol. The maximum Gasteiger partial charge on any atom is 0.201 e. The molecule has 0 N–H and O–H groups in total. The molecule has 0 atom stereocenters. The van der Waals surface area contributed by atoms with E-state index >= 15 is 0 Å². The third kappa shape index (κ3) is 2.94. The number of carbonyl (C=O) groups excluding carboxylic acids is 1. The smallest absolute Gasteiger partial charge is 0.201 e. The van der Waals surface area contributed by atoms with Crippen LogP contribution in [0, 0.1) is 0 Å². The minimum absolute atomic E-state index is 0.00490. The summed E-state index contributed by atoms with van der Waals surface area (Å²) in [5, 5.41) is 1.56. The van der Waals surface area contributed by atoms with Crippen LogP contribution in [0.4, 0.5) is 0 Å². The number of halogens is 1. The highest BCUT2D eigenvalue weighted by Gasteiger charge is 2.36. The number of rotatable bonds is 4. The molecule has 2 heterocycles. The van der Waals surface area contributed by atoms with Crippen molar-refractivity contribution in [3.63, 3.8) is 0 Å². The van der Waals surface area contributed by atoms with Crippen molar-refractivity contribution in [3.05, 3.63) is 69.6 Å². The van der Waals surface area contributed by atoms with Crippen molar-refractivity contribution in [1.29, 1.82) is 0 Å². The zero-order valence-corrected chi connectivity index (χ0v) is 15.1. The van der Waals surface area contributed by atoms with Crippen LogP contribution in [-0.4, -0.2) is 36.1 Å². The van der Waals surface area contributed by atoms with Crippen molar-refractivity contribution in [2.45, 2.75) is 0 Å². The average Bonchev–Trinajstić information content (AvgIpc) is 3.23. The lowest BCUT2D eigenvalue weighted by Crippen LogP contribution is -2.20. The summed E-state index contributed by atoms with van der Waals surface area (Å²) in [6.07, 6.45) is 0. The molecule has 6 heteroatoms. The summed E-state index contributed by atoms with van der Waals surface area (Å²) in [6, 6.07) is 14.8. The maximum atomic E-state index is 13.1. The monoisotopic (exact) mass is 370 g/mol. The first-order chi connectivity index (χ1) is 12.2. The van der Waals surface area contributed by atoms with Gasteiger partial charge in [0.1, 0.15) is 5.75 Å². The average molecular weight is 371 g/mol. The molecule has 2 aliphatic rings. The van der Waals surface area contributed by atoms with Crippen LogP contribution in [0.15, 0.2) is 58.4 Å². The van der Waals surface area contributed by atoms with E-state index in [2.05, 4.69) is 9.89 Å². The molecular formula is C19H15ClN2O2S. The minimum Gasteiger partial charge on any atom is -0.497 e. The van der Waals surface area contributed by atoms with Gasteiger partial charge in [0, 0.05) is 17.1 Å². The van der Waals surface area contributed by atoms with Crippen LogP contribution in [0.5, 0.6) is 5.75 Å². The first kappa shape index (κ1) is 16.2. The largest absolute Gasteiger partial charge is 0.497 e. The van der Waals surface area contributed by atoms with Crippen molar-refractivity contribution in [1.82, 2.24) is 4.90 Å². The fraction of sp³-hybridized carbons (Fsp3) is 0.158. The van der Waals surface area contributed by atoms with Crippen molar-refractivity contribution in [2.75, 3.05) is 20.2 Å². The summed E-state index contributed by atoms with van der Waals surface area (Å²) < 4.78 is 5.17. The third-order valence-corrected chi connectivity index (χ3v) is 5.52. The molecule has 0 saturated carbocycles. The Balaban J connectivity index is 1.77. The molecule has 2 aromatic rings. The molecule has 2 aromatic carbocycles. The molecule has 126 valence electrons. The van der Waals surface area contributed by atoms with Gasteiger partial charge in [0.15, 0.2) is 5.17 Å². The number of carbonyl (C=O) groups is 1. The van der Waals surface area contributed by atoms with Gasteiger partial charge in [0.25, 0.3) is 0 Å². The van der Waals surface area contributed by atoms with Gasteiger partial charge in [-0.05, 0) is 53.7 Å². The summed E-state index contributed by atoms with van der Waals surface area (Å²) in [6.45, 7) is 1.54. The summed E-state index contributed by atoms with van der Waals surface area (Å²) in [4.78, 5) is 20.4. The second-order valence-corrected chi connectivity index (χ2v) is 7.07. The molecule has 0 radical (unpaired) electrons. The van der Waals surface area contributed by atoms with E-state index in [1.165, 1.54) is 11.8 Å². The standard InChI is InChI=1S/C19H15ClN2O2S/c1-24-15-8-4-13(5-9-15)17(23)18-16(12-2-6-14(20)7-3-12)22-11-10-21-19(22)25-18/h2-9H,10-11H2,1H3. The Kier molecular flexibility index (Phi) is 4.27. The van der Waals surface area contributed by atoms with E-state index in [9.17, 15) is 4.79 Å². The molecule has 25 heavy (non-hydrogen) atoms. The fourth-order valence-electron chi connectivity index (χ4n) is 2.91. The van der Waals surface area contributed by atoms with Crippen LogP contribution in [0.25, 0.3) is 5.70 Å². The summed E-state index contributed by atoms with van der Waals surface area (Å²) in [5.74, 6) is 0.724. The number of amidine groups is 1. The Morgan fingerprint density at radius 1 is 1.16 bits per heavy atom. The number of hydrogen-bond donors (Lipinski definition) is 0. The van der Waals surface area contributed by atoms with E-state index in [0.29, 0.717) is 15.5 Å². The van der Waals surface area contributed by atoms with Gasteiger partial charge in [-0.1, -0.05) is 23.7 Å². The Labute approximate surface area is 155 Å². The SMILES string of the molecule is COc1ccc(C(=O)C2=C(c3ccc(Cl)cc3)N3CCN=C3S2)cc1. The van der Waals surface area contributed by atoms with Gasteiger partial charge in [-0.3, -0.25) is 9.79 Å². The lowest BCUT2D eigenvalue weighted by molar-refractivity contribution is 0.104. The van der Waals surface area contributed by atoms with Crippen LogP contribution < -0.4 is 4.74 Å². The van der Waals surface area contributed by atoms with Gasteiger partial charge in [0.05, 0.1) is 24.3 Å². The van der Waals surface area contributed by atoms with E-state index in [0.717, 1.165) is 35.3 Å². The molecule has 0 aliphatic carbocycles. The van der Waals surface area contributed by atoms with Crippen molar-refractivity contribution >= 4 is 40.0 Å². The number of allylic oxidation sites excluding steroid dienone is 1. The normalized spacial score (nSPS) is 16.1. The van der Waals surface area contributed by atoms with Crippen LogP contribution in [0.1, 0.15) is 15.9 Å². The summed E-state index contributed by atoms with van der Waals surface area (Å²) in [7, 11) is 1.61. The number of ketones is 1. The zero-order valence-electron chi connectivity index (χ0n) is 13.5. The number of fused-ring (bicyclic) bond motifs is 1. The van der Waals surface area contributed by atoms with Gasteiger partial charge in [0.2, 0.25) is 5.78 Å². The van der Waals surface area contributed by atoms with Gasteiger partial charge >= 0.3 is 0 Å². The highest BCUT2D eigenvalue weighted by Crippen LogP contribution is 2.43. The predicted octanol–water partition coefficient (Wildman–Crippen LogP) is 4.32. The second kappa shape index (κ2) is 6.58. The second-order valence-electron chi connectivity index (χ2n) is 5.66. The van der Waals surface area contributed by atoms with E-state index in [1.54, 1.807) is 31.4 Å². The lowest BCUT2D eigenvalue weighted by atomic mass is 10.1. The van der Waals surface area contributed by atoms with Crippen LogP contribution in [0.2, 0.25) is 5.02 Å². The molecule has 0 spiro atoms. The number of thioether (sulfide) groups is 1. The van der Waals surface area contributed by atoms with E-state index in [1.807, 2.05) is 24.3 Å². The lowest BCUT2D eigenvalue weighted by Gasteiger charge is -2.17. The van der Waals surface area contributed by atoms with Gasteiger partial charge in [-0.25, -0.2) is 0 Å². The number of hydrogen-bond acceptors (Lipinski definition) is 5. The number of methoxy groups -OCH3 is 1. The van der Waals surface area contributed by atoms with E-state index < -0.39 is 0 Å². The molecule has 4 nitrogen and oxygen atoms in total. The van der Waals surface area contributed by atoms with Gasteiger partial charge in [-0.15, -0.1) is 0 Å². The number of benzene rings is 2. The third-order valence-electron chi connectivity index (χ3n) is 4.16. The highest BCUT2D eigenvalue weighted by atomic mass is 35.5. The molecule has 2 aliphatic heterocycles. The molecule has 0 fully saturated rings. The number of Topliss-reactive ketones (excluding diaryl/α,β-unsaturated/α-hetero) is 1. The van der Waals surface area contributed by atoms with Crippen LogP contribution in [0.3, 0.4) is 0 Å². The number of aliphatic imine (C=N–C) groups is 1. The zero-order chi connectivity index (χ0) is 17.4. The Morgan fingerprint density at radius 3 is 2.56 bits per heavy atom. The summed E-state index contributed by atoms with van der Waals surface area (Å²) >= 11 is 7.46. The fourth-order valence-corrected chi connectivity index (χ4v) is 4.20. The Hall–Kier alpha value is -2.24. The maximum absolute atomic E-state index is 13.1. The van der Waals surface area contributed by atoms with Gasteiger partial charge in [-0.2, -0.15) is 0 Å². The molecule has 0 aromatic heterocycles. The summed E-state index contributed by atoms with van der Waals surface area (Å²) in [5.41, 5.74) is 2.52. The first-order valence-electron chi connectivity index (χ1n) is 7.86. The Bertz CT molecular complexity index is 889. The molecule has 0 bridgehead atoms. The van der Waals surface area contributed by atoms with Crippen molar-refractivity contribution in [3.8, 4) is 5.75 Å². The predicted molar refractivity (Wildman–Crippen MR) is 102 cm³/mol. The van der Waals surface area contributed by atoms with E-state index in [4.69, 9.17) is 16.3 Å². The quantitative estimate of drug-likeness (QED) is 0.752. The first-order valence-corrected chi connectivity index (χ1v) is 9.05. The van der Waals surface area contributed by atoms with Crippen molar-refractivity contribution < 1.29 is 9.53 Å². The molecule has 0 saturated heterocycles. The molecule has 0 unspecified atom stereocenters. The number of ether oxygens (including phenoxy) is 1. The minimum atomic E-state index is -0.00490. The van der Waals surface area contributed by atoms with E-state index in [-0.39, 0.29) is 5.78 Å². The molecule has 4 rings (SSSR count). The van der Waals surface area contributed by atoms with Crippen LogP contribution in [-0.2, 0) is 0 Å². The van der Waals surface area contributed by atoms with Gasteiger partial charge < -0.3 is 9.64 Å². The van der Waals surface area contributed by atoms with Crippen molar-refractivity contribution in [2.24, 2.45) is 4.99 Å². The number of nitrogens with zero attached hydrogens (tertiary/aromatic N) is 2. The topological polar surface area (TPSA) is 41.9 Å². The van der Waals surface area contributed by atoms with Crippen LogP contribution >= 0.6 is 23.4 Å². The highest BCUT2D eigenvalue weighted by molar-refractivity contribution is 8.18. The Morgan fingerprint density at radius 2 is 1.88 bits per heavy atom. The molecule has 0 amide bonds.